The van der Waals surface area contributed by atoms with E-state index in [2.05, 4.69) is 0 Å². The van der Waals surface area contributed by atoms with Crippen LogP contribution in [0.5, 0.6) is 0 Å². The number of rotatable bonds is 5. The van der Waals surface area contributed by atoms with E-state index in [0.717, 1.165) is 12.1 Å². The van der Waals surface area contributed by atoms with Crippen molar-refractivity contribution in [2.75, 3.05) is 20.6 Å². The summed E-state index contributed by atoms with van der Waals surface area (Å²) in [6.07, 6.45) is 0.556. The molecule has 0 aliphatic rings. The lowest BCUT2D eigenvalue weighted by atomic mass is 10.4. The summed E-state index contributed by atoms with van der Waals surface area (Å²) in [4.78, 5) is 0.818. The Hall–Kier alpha value is -1.34. The zero-order valence-corrected chi connectivity index (χ0v) is 13.3. The maximum Gasteiger partial charge on any atom is 0.400 e. The fourth-order valence-corrected chi connectivity index (χ4v) is 2.41. The topological polar surface area (TPSA) is 37.4 Å². The molecule has 3 nitrogen and oxygen atoms in total. The van der Waals surface area contributed by atoms with E-state index < -0.39 is 25.8 Å². The first-order chi connectivity index (χ1) is 9.69. The third-order valence-electron chi connectivity index (χ3n) is 2.30. The van der Waals surface area contributed by atoms with Gasteiger partial charge in [-0.05, 0) is 32.3 Å². The number of halogens is 3. The SMILES string of the molecule is CC.CN(C)C/C=C(\F)C(F)(F)S(=O)(=O)c1ccccc1. The molecule has 1 rings (SSSR count). The minimum atomic E-state index is -5.08. The lowest BCUT2D eigenvalue weighted by Crippen LogP contribution is -2.30. The van der Waals surface area contributed by atoms with Crippen LogP contribution in [0.4, 0.5) is 13.2 Å². The van der Waals surface area contributed by atoms with Crippen LogP contribution in [0.3, 0.4) is 0 Å². The molecule has 0 aliphatic carbocycles. The Bertz CT molecular complexity index is 555. The Kier molecular flexibility index (Phi) is 7.67. The first-order valence-corrected chi connectivity index (χ1v) is 7.86. The highest BCUT2D eigenvalue weighted by atomic mass is 32.2. The van der Waals surface area contributed by atoms with E-state index in [1.54, 1.807) is 14.1 Å². The van der Waals surface area contributed by atoms with Gasteiger partial charge in [0.2, 0.25) is 0 Å². The number of hydrogen-bond acceptors (Lipinski definition) is 3. The van der Waals surface area contributed by atoms with Crippen LogP contribution in [0.2, 0.25) is 0 Å². The quantitative estimate of drug-likeness (QED) is 0.832. The van der Waals surface area contributed by atoms with Crippen LogP contribution in [0, 0.1) is 0 Å². The molecule has 7 heteroatoms. The summed E-state index contributed by atoms with van der Waals surface area (Å²) in [6.45, 7) is 3.88. The maximum atomic E-state index is 13.7. The molecule has 1 aromatic rings. The Labute approximate surface area is 124 Å². The normalized spacial score (nSPS) is 12.9. The molecule has 0 saturated heterocycles. The van der Waals surface area contributed by atoms with Crippen molar-refractivity contribution in [3.05, 3.63) is 42.2 Å². The first kappa shape index (κ1) is 19.7. The van der Waals surface area contributed by atoms with E-state index in [1.165, 1.54) is 23.1 Å². The first-order valence-electron chi connectivity index (χ1n) is 6.38. The third-order valence-corrected chi connectivity index (χ3v) is 4.07. The second kappa shape index (κ2) is 8.19. The van der Waals surface area contributed by atoms with Crippen molar-refractivity contribution in [1.29, 1.82) is 0 Å². The number of likely N-dealkylation sites (N-methyl/N-ethyl adjacent to an activating group) is 1. The average molecular weight is 323 g/mol. The van der Waals surface area contributed by atoms with Crippen molar-refractivity contribution >= 4 is 9.84 Å². The van der Waals surface area contributed by atoms with Gasteiger partial charge in [-0.1, -0.05) is 32.0 Å². The summed E-state index contributed by atoms with van der Waals surface area (Å²) in [6, 6.07) is 6.08. The van der Waals surface area contributed by atoms with Crippen LogP contribution < -0.4 is 0 Å². The van der Waals surface area contributed by atoms with Gasteiger partial charge in [-0.25, -0.2) is 12.8 Å². The summed E-state index contributed by atoms with van der Waals surface area (Å²) in [5.41, 5.74) is 0. The second-order valence-electron chi connectivity index (χ2n) is 4.15. The number of sulfone groups is 1. The molecule has 0 fully saturated rings. The summed E-state index contributed by atoms with van der Waals surface area (Å²) in [5.74, 6) is -1.97. The highest BCUT2D eigenvalue weighted by molar-refractivity contribution is 7.92. The molecule has 0 saturated carbocycles. The van der Waals surface area contributed by atoms with Crippen LogP contribution in [0.15, 0.2) is 47.1 Å². The lowest BCUT2D eigenvalue weighted by molar-refractivity contribution is 0.105. The zero-order chi connectivity index (χ0) is 16.7. The summed E-state index contributed by atoms with van der Waals surface area (Å²) >= 11 is 0. The Morgan fingerprint density at radius 3 is 2.10 bits per heavy atom. The molecule has 0 unspecified atom stereocenters. The van der Waals surface area contributed by atoms with Crippen LogP contribution in [0.25, 0.3) is 0 Å². The van der Waals surface area contributed by atoms with Gasteiger partial charge in [0.25, 0.3) is 9.84 Å². The van der Waals surface area contributed by atoms with E-state index >= 15 is 0 Å². The van der Waals surface area contributed by atoms with Crippen molar-refractivity contribution in [3.63, 3.8) is 0 Å². The standard InChI is InChI=1S/C12H14F3NO2S.C2H6/c1-16(2)9-8-11(13)12(14,15)19(17,18)10-6-4-3-5-7-10;1-2/h3-8H,9H2,1-2H3;1-2H3/b11-8-;. The number of benzene rings is 1. The molecule has 0 atom stereocenters. The van der Waals surface area contributed by atoms with Gasteiger partial charge < -0.3 is 4.90 Å². The maximum absolute atomic E-state index is 13.7. The van der Waals surface area contributed by atoms with E-state index in [4.69, 9.17) is 0 Å². The van der Waals surface area contributed by atoms with Gasteiger partial charge in [0, 0.05) is 6.54 Å². The van der Waals surface area contributed by atoms with Crippen LogP contribution in [0.1, 0.15) is 13.8 Å². The molecule has 0 radical (unpaired) electrons. The number of alkyl halides is 2. The van der Waals surface area contributed by atoms with Gasteiger partial charge in [-0.2, -0.15) is 8.78 Å². The number of hydrogen-bond donors (Lipinski definition) is 0. The predicted molar refractivity (Wildman–Crippen MR) is 77.7 cm³/mol. The van der Waals surface area contributed by atoms with Crippen molar-refractivity contribution in [1.82, 2.24) is 4.90 Å². The molecule has 0 aromatic heterocycles. The molecular formula is C14H20F3NO2S. The van der Waals surface area contributed by atoms with Crippen LogP contribution in [-0.4, -0.2) is 39.2 Å². The van der Waals surface area contributed by atoms with E-state index in [1.807, 2.05) is 13.8 Å². The molecule has 0 heterocycles. The fourth-order valence-electron chi connectivity index (χ4n) is 1.26. The Morgan fingerprint density at radius 2 is 1.67 bits per heavy atom. The molecular weight excluding hydrogens is 303 g/mol. The smallest absolute Gasteiger partial charge is 0.306 e. The van der Waals surface area contributed by atoms with Crippen LogP contribution >= 0.6 is 0 Å². The molecule has 21 heavy (non-hydrogen) atoms. The highest BCUT2D eigenvalue weighted by Crippen LogP contribution is 2.36. The molecule has 0 aliphatic heterocycles. The van der Waals surface area contributed by atoms with Gasteiger partial charge >= 0.3 is 5.25 Å². The van der Waals surface area contributed by atoms with Crippen molar-refractivity contribution in [2.24, 2.45) is 0 Å². The number of nitrogens with zero attached hydrogens (tertiary/aromatic N) is 1. The van der Waals surface area contributed by atoms with Crippen LogP contribution in [-0.2, 0) is 9.84 Å². The Morgan fingerprint density at radius 1 is 1.19 bits per heavy atom. The summed E-state index contributed by atoms with van der Waals surface area (Å²) in [7, 11) is -1.98. The molecule has 1 aromatic carbocycles. The van der Waals surface area contributed by atoms with Gasteiger partial charge in [-0.15, -0.1) is 0 Å². The second-order valence-corrected chi connectivity index (χ2v) is 6.14. The van der Waals surface area contributed by atoms with Crippen molar-refractivity contribution in [3.8, 4) is 0 Å². The van der Waals surface area contributed by atoms with Gasteiger partial charge in [-0.3, -0.25) is 0 Å². The summed E-state index contributed by atoms with van der Waals surface area (Å²) in [5, 5.41) is -4.57. The van der Waals surface area contributed by atoms with E-state index in [-0.39, 0.29) is 6.54 Å². The fraction of sp³-hybridized carbons (Fsp3) is 0.429. The minimum Gasteiger partial charge on any atom is -0.306 e. The highest BCUT2D eigenvalue weighted by Gasteiger charge is 2.50. The molecule has 0 amide bonds. The summed E-state index contributed by atoms with van der Waals surface area (Å²) < 4.78 is 64.2. The molecule has 0 bridgehead atoms. The minimum absolute atomic E-state index is 0.119. The van der Waals surface area contributed by atoms with Gasteiger partial charge in [0.15, 0.2) is 5.83 Å². The Balaban J connectivity index is 0.00000191. The van der Waals surface area contributed by atoms with E-state index in [9.17, 15) is 21.6 Å². The van der Waals surface area contributed by atoms with Crippen molar-refractivity contribution < 1.29 is 21.6 Å². The lowest BCUT2D eigenvalue weighted by Gasteiger charge is -2.16. The average Bonchev–Trinajstić information content (AvgIpc) is 2.47. The van der Waals surface area contributed by atoms with Gasteiger partial charge in [0.1, 0.15) is 0 Å². The molecule has 0 spiro atoms. The zero-order valence-electron chi connectivity index (χ0n) is 12.5. The largest absolute Gasteiger partial charge is 0.400 e. The third kappa shape index (κ3) is 4.86. The van der Waals surface area contributed by atoms with E-state index in [0.29, 0.717) is 6.08 Å². The predicted octanol–water partition coefficient (Wildman–Crippen LogP) is 3.49. The molecule has 0 N–H and O–H groups in total. The molecule has 120 valence electrons. The monoisotopic (exact) mass is 323 g/mol. The van der Waals surface area contributed by atoms with Gasteiger partial charge in [0.05, 0.1) is 4.90 Å². The van der Waals surface area contributed by atoms with Crippen molar-refractivity contribution in [2.45, 2.75) is 24.0 Å².